The summed E-state index contributed by atoms with van der Waals surface area (Å²) in [6.45, 7) is 12.6. The fourth-order valence-electron chi connectivity index (χ4n) is 9.57. The van der Waals surface area contributed by atoms with E-state index in [2.05, 4.69) is 59.4 Å². The molecule has 9 atom stereocenters. The molecule has 0 spiro atoms. The van der Waals surface area contributed by atoms with Crippen molar-refractivity contribution in [3.05, 3.63) is 30.4 Å². The number of fused-ring (bicyclic) bond motifs is 5. The van der Waals surface area contributed by atoms with Crippen LogP contribution in [-0.4, -0.2) is 12.4 Å². The van der Waals surface area contributed by atoms with Gasteiger partial charge in [-0.3, -0.25) is 0 Å². The number of hydrogen-bond acceptors (Lipinski definition) is 4. The Morgan fingerprint density at radius 2 is 1.63 bits per heavy atom. The predicted octanol–water partition coefficient (Wildman–Crippen LogP) is 9.04. The molecule has 38 heavy (non-hydrogen) atoms. The third-order valence-corrected chi connectivity index (χ3v) is 11.6. The first-order chi connectivity index (χ1) is 18.1. The van der Waals surface area contributed by atoms with E-state index in [9.17, 15) is 0 Å². The standard InChI is InChI=1S/C33H52N2O.CH4S/c1-21(2)7-6-8-22(3)27-12-13-28-26-11-9-23-19-25(36-31-14-10-24(34)20-30(31)35)15-17-32(23,4)29(26)16-18-33(27,28)5;1-2/h9-11,14,20-23,25-29H,6-8,12-13,15-19,34-35H2,1-5H3;2H,1H3. The maximum Gasteiger partial charge on any atom is 0.142 e. The Bertz CT molecular complexity index is 962. The number of nitrogen functional groups attached to an aromatic ring is 2. The Balaban J connectivity index is 0.00000164. The molecular formula is C34H56N2OS. The summed E-state index contributed by atoms with van der Waals surface area (Å²) in [5, 5.41) is 0. The Hall–Kier alpha value is -1.29. The van der Waals surface area contributed by atoms with Gasteiger partial charge in [0, 0.05) is 5.69 Å². The summed E-state index contributed by atoms with van der Waals surface area (Å²) in [6.07, 6.45) is 20.7. The van der Waals surface area contributed by atoms with Crippen LogP contribution in [0.25, 0.3) is 0 Å². The van der Waals surface area contributed by atoms with Gasteiger partial charge in [0.25, 0.3) is 0 Å². The smallest absolute Gasteiger partial charge is 0.142 e. The van der Waals surface area contributed by atoms with E-state index in [4.69, 9.17) is 16.2 Å². The van der Waals surface area contributed by atoms with Gasteiger partial charge in [-0.1, -0.05) is 66.0 Å². The molecule has 0 amide bonds. The SMILES string of the molecule is CC(C)CCCC(C)C1CCC2C3C=CC4CC(Oc5ccc(N)cc5N)CCC4(C)C3CCC12C.CS. The average molecular weight is 541 g/mol. The van der Waals surface area contributed by atoms with Crippen LogP contribution in [0.5, 0.6) is 5.75 Å². The van der Waals surface area contributed by atoms with Crippen LogP contribution in [-0.2, 0) is 0 Å². The van der Waals surface area contributed by atoms with E-state index in [1.807, 2.05) is 18.2 Å². The molecule has 0 saturated heterocycles. The van der Waals surface area contributed by atoms with Gasteiger partial charge in [0.1, 0.15) is 5.75 Å². The maximum atomic E-state index is 6.43. The number of benzene rings is 1. The van der Waals surface area contributed by atoms with Crippen LogP contribution in [0.4, 0.5) is 11.4 Å². The van der Waals surface area contributed by atoms with Gasteiger partial charge >= 0.3 is 0 Å². The molecule has 1 aromatic rings. The number of anilines is 2. The summed E-state index contributed by atoms with van der Waals surface area (Å²) >= 11 is 3.53. The van der Waals surface area contributed by atoms with Gasteiger partial charge in [-0.2, -0.15) is 12.6 Å². The molecule has 9 unspecified atom stereocenters. The average Bonchev–Trinajstić information content (AvgIpc) is 3.24. The van der Waals surface area contributed by atoms with E-state index in [0.717, 1.165) is 54.1 Å². The number of allylic oxidation sites excluding steroid dienone is 2. The second kappa shape index (κ2) is 12.1. The first kappa shape index (κ1) is 29.7. The molecule has 3 saturated carbocycles. The van der Waals surface area contributed by atoms with Crippen molar-refractivity contribution in [3.8, 4) is 5.75 Å². The van der Waals surface area contributed by atoms with Crippen LogP contribution in [0.3, 0.4) is 0 Å². The summed E-state index contributed by atoms with van der Waals surface area (Å²) in [7, 11) is 0. The fourth-order valence-corrected chi connectivity index (χ4v) is 9.57. The monoisotopic (exact) mass is 540 g/mol. The van der Waals surface area contributed by atoms with Crippen LogP contribution < -0.4 is 16.2 Å². The van der Waals surface area contributed by atoms with E-state index in [-0.39, 0.29) is 6.10 Å². The zero-order valence-corrected chi connectivity index (χ0v) is 26.0. The van der Waals surface area contributed by atoms with Gasteiger partial charge in [-0.05, 0) is 122 Å². The largest absolute Gasteiger partial charge is 0.488 e. The number of nitrogens with two attached hydrogens (primary N) is 2. The van der Waals surface area contributed by atoms with Crippen LogP contribution in [0.15, 0.2) is 30.4 Å². The van der Waals surface area contributed by atoms with Gasteiger partial charge in [0.15, 0.2) is 0 Å². The van der Waals surface area contributed by atoms with E-state index < -0.39 is 0 Å². The molecule has 0 radical (unpaired) electrons. The minimum absolute atomic E-state index is 0.242. The normalized spacial score (nSPS) is 38.4. The van der Waals surface area contributed by atoms with Crippen LogP contribution in [0.2, 0.25) is 0 Å². The highest BCUT2D eigenvalue weighted by Crippen LogP contribution is 2.67. The van der Waals surface area contributed by atoms with Crippen LogP contribution in [0.1, 0.15) is 98.8 Å². The molecule has 3 nitrogen and oxygen atoms in total. The Kier molecular flexibility index (Phi) is 9.43. The first-order valence-corrected chi connectivity index (χ1v) is 16.5. The van der Waals surface area contributed by atoms with Crippen molar-refractivity contribution >= 4 is 24.0 Å². The van der Waals surface area contributed by atoms with Crippen molar-refractivity contribution in [2.45, 2.75) is 105 Å². The highest BCUT2D eigenvalue weighted by atomic mass is 32.1. The molecule has 0 aromatic heterocycles. The van der Waals surface area contributed by atoms with Gasteiger partial charge in [-0.15, -0.1) is 0 Å². The minimum Gasteiger partial charge on any atom is -0.488 e. The van der Waals surface area contributed by atoms with Crippen LogP contribution in [0, 0.1) is 52.3 Å². The zero-order chi connectivity index (χ0) is 27.7. The van der Waals surface area contributed by atoms with Crippen molar-refractivity contribution in [2.75, 3.05) is 17.7 Å². The summed E-state index contributed by atoms with van der Waals surface area (Å²) in [5.74, 6) is 6.54. The number of ether oxygens (including phenoxy) is 1. The van der Waals surface area contributed by atoms with E-state index in [0.29, 0.717) is 28.1 Å². The molecule has 3 fully saturated rings. The minimum atomic E-state index is 0.242. The molecule has 4 aliphatic rings. The molecule has 214 valence electrons. The van der Waals surface area contributed by atoms with Crippen molar-refractivity contribution in [3.63, 3.8) is 0 Å². The lowest BCUT2D eigenvalue weighted by atomic mass is 9.46. The first-order valence-electron chi connectivity index (χ1n) is 15.6. The highest BCUT2D eigenvalue weighted by molar-refractivity contribution is 7.79. The lowest BCUT2D eigenvalue weighted by Gasteiger charge is -2.59. The predicted molar refractivity (Wildman–Crippen MR) is 168 cm³/mol. The Morgan fingerprint density at radius 1 is 0.921 bits per heavy atom. The van der Waals surface area contributed by atoms with Crippen LogP contribution >= 0.6 is 12.6 Å². The number of rotatable bonds is 7. The third kappa shape index (κ3) is 5.63. The molecule has 0 heterocycles. The molecule has 4 aliphatic carbocycles. The van der Waals surface area contributed by atoms with E-state index in [1.165, 1.54) is 51.4 Å². The molecule has 0 aliphatic heterocycles. The molecule has 1 aromatic carbocycles. The van der Waals surface area contributed by atoms with Crippen molar-refractivity contribution < 1.29 is 4.74 Å². The second-order valence-corrected chi connectivity index (χ2v) is 14.1. The maximum absolute atomic E-state index is 6.43. The fraction of sp³-hybridized carbons (Fsp3) is 0.765. The quantitative estimate of drug-likeness (QED) is 0.184. The number of hydrogen-bond donors (Lipinski definition) is 3. The summed E-state index contributed by atoms with van der Waals surface area (Å²) in [4.78, 5) is 0. The van der Waals surface area contributed by atoms with Crippen molar-refractivity contribution in [1.29, 1.82) is 0 Å². The topological polar surface area (TPSA) is 61.3 Å². The van der Waals surface area contributed by atoms with E-state index >= 15 is 0 Å². The van der Waals surface area contributed by atoms with Gasteiger partial charge in [-0.25, -0.2) is 0 Å². The van der Waals surface area contributed by atoms with Crippen molar-refractivity contribution in [1.82, 2.24) is 0 Å². The zero-order valence-electron chi connectivity index (χ0n) is 25.1. The lowest BCUT2D eigenvalue weighted by Crippen LogP contribution is -2.52. The van der Waals surface area contributed by atoms with E-state index in [1.54, 1.807) is 6.26 Å². The number of thiol groups is 1. The molecule has 4 N–H and O–H groups in total. The Morgan fingerprint density at radius 3 is 2.34 bits per heavy atom. The molecule has 4 heteroatoms. The molecule has 0 bridgehead atoms. The van der Waals surface area contributed by atoms with Crippen molar-refractivity contribution in [2.24, 2.45) is 52.3 Å². The van der Waals surface area contributed by atoms with Gasteiger partial charge in [0.2, 0.25) is 0 Å². The summed E-state index contributed by atoms with van der Waals surface area (Å²) in [6, 6.07) is 5.64. The molecule has 5 rings (SSSR count). The second-order valence-electron chi connectivity index (χ2n) is 14.1. The van der Waals surface area contributed by atoms with Gasteiger partial charge < -0.3 is 16.2 Å². The third-order valence-electron chi connectivity index (χ3n) is 11.6. The summed E-state index contributed by atoms with van der Waals surface area (Å²) < 4.78 is 6.43. The summed E-state index contributed by atoms with van der Waals surface area (Å²) in [5.41, 5.74) is 14.4. The molecular weight excluding hydrogens is 484 g/mol. The highest BCUT2D eigenvalue weighted by Gasteiger charge is 2.59. The van der Waals surface area contributed by atoms with Gasteiger partial charge in [0.05, 0.1) is 11.8 Å². The lowest BCUT2D eigenvalue weighted by molar-refractivity contribution is -0.0782. The Labute approximate surface area is 239 Å².